The van der Waals surface area contributed by atoms with E-state index in [4.69, 9.17) is 14.2 Å². The van der Waals surface area contributed by atoms with Gasteiger partial charge in [-0.2, -0.15) is 0 Å². The number of carbonyl (C=O) groups is 2. The molecule has 0 aliphatic carbocycles. The number of fused-ring (bicyclic) bond motifs is 4. The van der Waals surface area contributed by atoms with E-state index in [0.29, 0.717) is 54.5 Å². The van der Waals surface area contributed by atoms with E-state index in [2.05, 4.69) is 4.98 Å². The quantitative estimate of drug-likeness (QED) is 0.511. The fraction of sp³-hybridized carbons (Fsp3) is 0.448. The van der Waals surface area contributed by atoms with Gasteiger partial charge in [0.15, 0.2) is 11.5 Å². The molecule has 0 saturated carbocycles. The van der Waals surface area contributed by atoms with Crippen LogP contribution in [0.1, 0.15) is 32.1 Å². The fourth-order valence-electron chi connectivity index (χ4n) is 7.10. The summed E-state index contributed by atoms with van der Waals surface area (Å²) in [5.41, 5.74) is 1.62. The van der Waals surface area contributed by atoms with Crippen molar-refractivity contribution in [3.63, 3.8) is 0 Å². The van der Waals surface area contributed by atoms with Gasteiger partial charge in [-0.1, -0.05) is 0 Å². The maximum atomic E-state index is 13.7. The summed E-state index contributed by atoms with van der Waals surface area (Å²) >= 11 is 0. The molecular weight excluding hydrogens is 500 g/mol. The number of pyridine rings is 2. The van der Waals surface area contributed by atoms with E-state index in [-0.39, 0.29) is 41.4 Å². The number of rotatable bonds is 4. The van der Waals surface area contributed by atoms with Crippen LogP contribution in [0.2, 0.25) is 0 Å². The lowest BCUT2D eigenvalue weighted by Gasteiger charge is -2.44. The summed E-state index contributed by atoms with van der Waals surface area (Å²) in [5, 5.41) is 0. The van der Waals surface area contributed by atoms with Gasteiger partial charge in [0.25, 0.3) is 5.56 Å². The van der Waals surface area contributed by atoms with Crippen LogP contribution >= 0.6 is 0 Å². The summed E-state index contributed by atoms with van der Waals surface area (Å²) in [7, 11) is 1.54. The zero-order valence-corrected chi connectivity index (χ0v) is 21.8. The Hall–Kier alpha value is -4.08. The number of methoxy groups -OCH3 is 1. The molecule has 2 unspecified atom stereocenters. The molecule has 3 aromatic rings. The molecule has 1 spiro atoms. The number of nitrogens with zero attached hydrogens (tertiary/aromatic N) is 4. The molecule has 0 radical (unpaired) electrons. The van der Waals surface area contributed by atoms with Crippen LogP contribution in [0.3, 0.4) is 0 Å². The molecule has 3 saturated heterocycles. The van der Waals surface area contributed by atoms with E-state index in [9.17, 15) is 14.4 Å². The van der Waals surface area contributed by atoms with Crippen molar-refractivity contribution in [2.75, 3.05) is 31.8 Å². The molecule has 2 atom stereocenters. The van der Waals surface area contributed by atoms with Gasteiger partial charge in [-0.15, -0.1) is 0 Å². The predicted molar refractivity (Wildman–Crippen MR) is 142 cm³/mol. The monoisotopic (exact) mass is 530 g/mol. The highest BCUT2D eigenvalue weighted by atomic mass is 16.6. The lowest BCUT2D eigenvalue weighted by atomic mass is 9.74. The van der Waals surface area contributed by atoms with Crippen LogP contribution in [-0.4, -0.2) is 65.2 Å². The van der Waals surface area contributed by atoms with E-state index in [1.54, 1.807) is 25.4 Å². The van der Waals surface area contributed by atoms with Crippen LogP contribution in [0, 0.1) is 5.41 Å². The average molecular weight is 531 g/mol. The molecule has 39 heavy (non-hydrogen) atoms. The van der Waals surface area contributed by atoms with Crippen molar-refractivity contribution >= 4 is 28.5 Å². The minimum absolute atomic E-state index is 0.0483. The van der Waals surface area contributed by atoms with Gasteiger partial charge in [0.1, 0.15) is 25.5 Å². The van der Waals surface area contributed by atoms with Crippen LogP contribution in [-0.2, 0) is 16.1 Å². The summed E-state index contributed by atoms with van der Waals surface area (Å²) in [6.45, 7) is 1.61. The molecule has 2 bridgehead atoms. The number of piperidine rings is 1. The van der Waals surface area contributed by atoms with Crippen LogP contribution < -0.4 is 24.7 Å². The molecular formula is C29H30N4O6. The molecule has 4 aliphatic heterocycles. The molecule has 0 N–H and O–H groups in total. The van der Waals surface area contributed by atoms with E-state index in [0.717, 1.165) is 31.4 Å². The third-order valence-corrected chi connectivity index (χ3v) is 8.75. The topological polar surface area (TPSA) is 103 Å². The van der Waals surface area contributed by atoms with E-state index < -0.39 is 0 Å². The third kappa shape index (κ3) is 4.00. The highest BCUT2D eigenvalue weighted by molar-refractivity contribution is 5.97. The van der Waals surface area contributed by atoms with E-state index in [1.807, 2.05) is 28.0 Å². The first-order valence-corrected chi connectivity index (χ1v) is 13.5. The number of ether oxygens (including phenoxy) is 3. The molecule has 6 heterocycles. The Morgan fingerprint density at radius 3 is 2.59 bits per heavy atom. The number of aromatic nitrogens is 2. The van der Waals surface area contributed by atoms with Gasteiger partial charge in [0.05, 0.1) is 24.3 Å². The van der Waals surface area contributed by atoms with Gasteiger partial charge >= 0.3 is 0 Å². The summed E-state index contributed by atoms with van der Waals surface area (Å²) in [5.74, 6) is 1.94. The summed E-state index contributed by atoms with van der Waals surface area (Å²) in [4.78, 5) is 47.9. The molecule has 10 heteroatoms. The minimum Gasteiger partial charge on any atom is -0.495 e. The average Bonchev–Trinajstić information content (AvgIpc) is 3.42. The molecule has 2 amide bonds. The fourth-order valence-corrected chi connectivity index (χ4v) is 7.10. The molecule has 10 nitrogen and oxygen atoms in total. The Bertz CT molecular complexity index is 1540. The first kappa shape index (κ1) is 24.0. The number of carbonyl (C=O) groups excluding carboxylic acids is 2. The zero-order valence-electron chi connectivity index (χ0n) is 21.8. The second-order valence-electron chi connectivity index (χ2n) is 11.1. The molecule has 7 rings (SSSR count). The number of hydrogen-bond acceptors (Lipinski definition) is 7. The minimum atomic E-state index is -0.247. The number of anilines is 1. The van der Waals surface area contributed by atoms with Crippen molar-refractivity contribution in [1.29, 1.82) is 0 Å². The molecule has 1 aromatic carbocycles. The summed E-state index contributed by atoms with van der Waals surface area (Å²) in [6.07, 6.45) is 5.46. The first-order valence-electron chi connectivity index (χ1n) is 13.5. The zero-order chi connectivity index (χ0) is 26.7. The van der Waals surface area contributed by atoms with Crippen molar-refractivity contribution in [3.05, 3.63) is 52.9 Å². The van der Waals surface area contributed by atoms with Gasteiger partial charge < -0.3 is 24.0 Å². The van der Waals surface area contributed by atoms with Crippen molar-refractivity contribution < 1.29 is 23.8 Å². The first-order chi connectivity index (χ1) is 18.9. The maximum absolute atomic E-state index is 13.7. The van der Waals surface area contributed by atoms with Crippen molar-refractivity contribution in [3.8, 4) is 17.2 Å². The lowest BCUT2D eigenvalue weighted by molar-refractivity contribution is -0.138. The van der Waals surface area contributed by atoms with Crippen molar-refractivity contribution in [2.24, 2.45) is 5.41 Å². The van der Waals surface area contributed by atoms with Gasteiger partial charge in [0.2, 0.25) is 11.8 Å². The Labute approximate surface area is 225 Å². The van der Waals surface area contributed by atoms with Crippen LogP contribution in [0.4, 0.5) is 5.69 Å². The predicted octanol–water partition coefficient (Wildman–Crippen LogP) is 2.75. The van der Waals surface area contributed by atoms with Crippen LogP contribution in [0.25, 0.3) is 11.0 Å². The largest absolute Gasteiger partial charge is 0.495 e. The van der Waals surface area contributed by atoms with Gasteiger partial charge in [0, 0.05) is 54.4 Å². The summed E-state index contributed by atoms with van der Waals surface area (Å²) < 4.78 is 18.2. The Morgan fingerprint density at radius 1 is 1.05 bits per heavy atom. The molecule has 202 valence electrons. The van der Waals surface area contributed by atoms with Crippen LogP contribution in [0.15, 0.2) is 47.4 Å². The highest BCUT2D eigenvalue weighted by Crippen LogP contribution is 2.51. The molecule has 4 aliphatic rings. The highest BCUT2D eigenvalue weighted by Gasteiger charge is 2.54. The van der Waals surface area contributed by atoms with Gasteiger partial charge in [-0.05, 0) is 43.9 Å². The van der Waals surface area contributed by atoms with Gasteiger partial charge in [-0.25, -0.2) is 0 Å². The Balaban J connectivity index is 1.11. The lowest BCUT2D eigenvalue weighted by Crippen LogP contribution is -2.52. The second-order valence-corrected chi connectivity index (χ2v) is 11.1. The maximum Gasteiger partial charge on any atom is 0.251 e. The van der Waals surface area contributed by atoms with Crippen molar-refractivity contribution in [2.45, 2.75) is 50.7 Å². The second kappa shape index (κ2) is 9.00. The Kier molecular flexibility index (Phi) is 5.54. The number of hydrogen-bond donors (Lipinski definition) is 0. The SMILES string of the molecule is COc1cnc2ccc(=O)n(CC(=O)N3C4CCC3CC3(CC(=O)N(c5ccc6c(c5)OCCO6)C3)C4)c2c1. The number of amides is 2. The number of benzene rings is 1. The van der Waals surface area contributed by atoms with E-state index >= 15 is 0 Å². The smallest absolute Gasteiger partial charge is 0.251 e. The Morgan fingerprint density at radius 2 is 1.82 bits per heavy atom. The van der Waals surface area contributed by atoms with E-state index in [1.165, 1.54) is 10.6 Å². The third-order valence-electron chi connectivity index (χ3n) is 8.75. The standard InChI is InChI=1S/C29H30N4O6/c1-37-21-11-23-22(30-15-21)5-7-26(34)31(23)16-28(36)33-19-2-3-20(33)13-29(12-19)14-27(35)32(17-29)18-4-6-24-25(10-18)39-9-8-38-24/h4-7,10-11,15,19-20H,2-3,8-9,12-14,16-17H2,1H3. The van der Waals surface area contributed by atoms with Crippen molar-refractivity contribution in [1.82, 2.24) is 14.5 Å². The molecule has 3 fully saturated rings. The summed E-state index contributed by atoms with van der Waals surface area (Å²) in [6, 6.07) is 10.7. The normalized spacial score (nSPS) is 25.5. The van der Waals surface area contributed by atoms with Crippen LogP contribution in [0.5, 0.6) is 17.2 Å². The molecule has 2 aromatic heterocycles. The van der Waals surface area contributed by atoms with Gasteiger partial charge in [-0.3, -0.25) is 23.9 Å².